The summed E-state index contributed by atoms with van der Waals surface area (Å²) in [6.45, 7) is 0. The highest BCUT2D eigenvalue weighted by molar-refractivity contribution is 7.88. The van der Waals surface area contributed by atoms with Crippen LogP contribution in [0.25, 0.3) is 11.1 Å². The molecule has 0 saturated carbocycles. The molecule has 0 bridgehead atoms. The van der Waals surface area contributed by atoms with Crippen molar-refractivity contribution >= 4 is 20.2 Å². The van der Waals surface area contributed by atoms with Crippen LogP contribution < -0.4 is 17.8 Å². The molecule has 0 amide bonds. The maximum atomic E-state index is 12.9. The molecule has 0 aliphatic rings. The van der Waals surface area contributed by atoms with Gasteiger partial charge in [0.05, 0.1) is 0 Å². The van der Waals surface area contributed by atoms with Crippen LogP contribution in [0.5, 0.6) is 23.0 Å². The minimum absolute atomic E-state index is 0.123. The lowest BCUT2D eigenvalue weighted by molar-refractivity contribution is -0.276. The summed E-state index contributed by atoms with van der Waals surface area (Å²) in [4.78, 5) is 0. The van der Waals surface area contributed by atoms with E-state index in [1.807, 2.05) is 0 Å². The molecule has 0 aromatic heterocycles. The van der Waals surface area contributed by atoms with Gasteiger partial charge in [-0.1, -0.05) is 0 Å². The monoisotopic (exact) mass is 618 g/mol. The fraction of sp³-hybridized carbons (Fsp3) is 0.250. The number of ether oxygens (including phenoxy) is 2. The lowest BCUT2D eigenvalue weighted by Gasteiger charge is -2.19. The number of hydrogen-bond donors (Lipinski definition) is 0. The molecular formula is C16H6F12O8S2. The van der Waals surface area contributed by atoms with E-state index in [2.05, 4.69) is 17.8 Å². The van der Waals surface area contributed by atoms with E-state index in [1.54, 1.807) is 0 Å². The molecule has 8 nitrogen and oxygen atoms in total. The first-order valence-corrected chi connectivity index (χ1v) is 11.4. The van der Waals surface area contributed by atoms with Crippen molar-refractivity contribution in [2.75, 3.05) is 0 Å². The van der Waals surface area contributed by atoms with Crippen LogP contribution in [-0.2, 0) is 20.2 Å². The molecule has 22 heteroatoms. The third-order valence-corrected chi connectivity index (χ3v) is 5.58. The van der Waals surface area contributed by atoms with Gasteiger partial charge in [0, 0.05) is 23.3 Å². The number of halogens is 12. The Bertz CT molecular complexity index is 1280. The Kier molecular flexibility index (Phi) is 7.96. The molecule has 0 fully saturated rings. The van der Waals surface area contributed by atoms with Crippen LogP contribution in [0, 0.1) is 0 Å². The standard InChI is InChI=1S/C16H6F12O8S2/c17-13(18,19)33-11-5-7(35-37(29,30)15(23,24)25)1-3-9(11)10-4-2-8(6-12(10)34-14(20,21)22)36-38(31,32)16(26,27)28/h1-6H. The number of alkyl halides is 12. The zero-order valence-corrected chi connectivity index (χ0v) is 18.7. The lowest BCUT2D eigenvalue weighted by atomic mass is 10.0. The van der Waals surface area contributed by atoms with Gasteiger partial charge in [-0.3, -0.25) is 0 Å². The number of rotatable bonds is 7. The predicted octanol–water partition coefficient (Wildman–Crippen LogP) is 5.61. The van der Waals surface area contributed by atoms with Crippen LogP contribution in [-0.4, -0.2) is 40.6 Å². The molecule has 0 atom stereocenters. The first-order valence-electron chi connectivity index (χ1n) is 8.63. The van der Waals surface area contributed by atoms with Crippen molar-refractivity contribution in [3.8, 4) is 34.1 Å². The first-order chi connectivity index (χ1) is 16.8. The Morgan fingerprint density at radius 1 is 0.500 bits per heavy atom. The fourth-order valence-electron chi connectivity index (χ4n) is 2.32. The Balaban J connectivity index is 2.71. The molecule has 2 rings (SSSR count). The number of hydrogen-bond acceptors (Lipinski definition) is 8. The van der Waals surface area contributed by atoms with Crippen LogP contribution in [0.15, 0.2) is 36.4 Å². The predicted molar refractivity (Wildman–Crippen MR) is 96.4 cm³/mol. The zero-order chi connectivity index (χ0) is 29.5. The zero-order valence-electron chi connectivity index (χ0n) is 17.1. The average molecular weight is 618 g/mol. The second-order valence-corrected chi connectivity index (χ2v) is 9.45. The molecule has 0 unspecified atom stereocenters. The van der Waals surface area contributed by atoms with Crippen LogP contribution in [0.2, 0.25) is 0 Å². The van der Waals surface area contributed by atoms with Gasteiger partial charge in [0.2, 0.25) is 0 Å². The van der Waals surface area contributed by atoms with Crippen LogP contribution >= 0.6 is 0 Å². The van der Waals surface area contributed by atoms with E-state index >= 15 is 0 Å². The van der Waals surface area contributed by atoms with E-state index in [9.17, 15) is 69.5 Å². The van der Waals surface area contributed by atoms with Crippen molar-refractivity contribution in [3.63, 3.8) is 0 Å². The maximum Gasteiger partial charge on any atom is 0.573 e. The second-order valence-electron chi connectivity index (χ2n) is 6.38. The summed E-state index contributed by atoms with van der Waals surface area (Å²) in [5, 5.41) is 0. The molecule has 0 aliphatic carbocycles. The van der Waals surface area contributed by atoms with E-state index in [1.165, 1.54) is 0 Å². The highest BCUT2D eigenvalue weighted by atomic mass is 32.2. The van der Waals surface area contributed by atoms with Crippen molar-refractivity contribution in [3.05, 3.63) is 36.4 Å². The van der Waals surface area contributed by atoms with E-state index < -0.39 is 78.1 Å². The van der Waals surface area contributed by atoms with E-state index in [0.717, 1.165) is 0 Å². The molecule has 0 N–H and O–H groups in total. The molecule has 0 aliphatic heterocycles. The van der Waals surface area contributed by atoms with Gasteiger partial charge in [0.25, 0.3) is 0 Å². The lowest BCUT2D eigenvalue weighted by Crippen LogP contribution is -2.28. The van der Waals surface area contributed by atoms with Crippen molar-refractivity contribution in [1.29, 1.82) is 0 Å². The molecule has 0 spiro atoms. The van der Waals surface area contributed by atoms with E-state index in [0.29, 0.717) is 0 Å². The fourth-order valence-corrected chi connectivity index (χ4v) is 3.22. The third-order valence-electron chi connectivity index (χ3n) is 3.63. The normalized spacial score (nSPS) is 13.7. The average Bonchev–Trinajstić information content (AvgIpc) is 2.64. The van der Waals surface area contributed by atoms with Gasteiger partial charge in [0.1, 0.15) is 23.0 Å². The Morgan fingerprint density at radius 2 is 0.789 bits per heavy atom. The Hall–Kier alpha value is -3.30. The van der Waals surface area contributed by atoms with Gasteiger partial charge in [0.15, 0.2) is 0 Å². The summed E-state index contributed by atoms with van der Waals surface area (Å²) in [5.41, 5.74) is -14.3. The SMILES string of the molecule is O=S(=O)(Oc1ccc(-c2ccc(OS(=O)(=O)C(F)(F)F)cc2OC(F)(F)F)c(OC(F)(F)F)c1)C(F)(F)F. The molecular weight excluding hydrogens is 612 g/mol. The summed E-state index contributed by atoms with van der Waals surface area (Å²) in [6.07, 6.45) is -11.4. The van der Waals surface area contributed by atoms with Gasteiger partial charge in [-0.2, -0.15) is 43.2 Å². The first kappa shape index (κ1) is 30.9. The Morgan fingerprint density at radius 3 is 1.03 bits per heavy atom. The largest absolute Gasteiger partial charge is 0.573 e. The minimum atomic E-state index is -6.43. The Labute approximate surface area is 202 Å². The highest BCUT2D eigenvalue weighted by Gasteiger charge is 2.49. The van der Waals surface area contributed by atoms with E-state index in [-0.39, 0.29) is 36.4 Å². The van der Waals surface area contributed by atoms with Gasteiger partial charge >= 0.3 is 44.0 Å². The van der Waals surface area contributed by atoms with Gasteiger partial charge in [-0.15, -0.1) is 26.3 Å². The summed E-state index contributed by atoms with van der Waals surface area (Å²) >= 11 is 0. The van der Waals surface area contributed by atoms with Crippen molar-refractivity contribution in [1.82, 2.24) is 0 Å². The van der Waals surface area contributed by atoms with Crippen LogP contribution in [0.3, 0.4) is 0 Å². The smallest absolute Gasteiger partial charge is 0.405 e. The van der Waals surface area contributed by atoms with Crippen molar-refractivity contribution in [2.45, 2.75) is 23.7 Å². The molecule has 2 aromatic rings. The third kappa shape index (κ3) is 7.85. The minimum Gasteiger partial charge on any atom is -0.405 e. The van der Waals surface area contributed by atoms with Crippen molar-refractivity contribution < 1.29 is 87.4 Å². The van der Waals surface area contributed by atoms with Gasteiger partial charge < -0.3 is 17.8 Å². The van der Waals surface area contributed by atoms with E-state index in [4.69, 9.17) is 0 Å². The molecule has 2 aromatic carbocycles. The second kappa shape index (κ2) is 9.78. The van der Waals surface area contributed by atoms with Crippen LogP contribution in [0.1, 0.15) is 0 Å². The quantitative estimate of drug-likeness (QED) is 0.224. The molecule has 0 saturated heterocycles. The number of benzene rings is 2. The molecule has 38 heavy (non-hydrogen) atoms. The summed E-state index contributed by atoms with van der Waals surface area (Å²) in [5.74, 6) is -6.26. The topological polar surface area (TPSA) is 105 Å². The summed E-state index contributed by atoms with van der Waals surface area (Å²) < 4.78 is 211. The molecule has 0 radical (unpaired) electrons. The van der Waals surface area contributed by atoms with Crippen molar-refractivity contribution in [2.24, 2.45) is 0 Å². The van der Waals surface area contributed by atoms with Gasteiger partial charge in [-0.05, 0) is 24.3 Å². The molecule has 0 heterocycles. The summed E-state index contributed by atoms with van der Waals surface area (Å²) in [6, 6.07) is 0.793. The maximum absolute atomic E-state index is 12.9. The highest BCUT2D eigenvalue weighted by Crippen LogP contribution is 2.44. The summed E-state index contributed by atoms with van der Waals surface area (Å²) in [7, 11) is -12.9. The molecule has 214 valence electrons. The van der Waals surface area contributed by atoms with Gasteiger partial charge in [-0.25, -0.2) is 0 Å². The van der Waals surface area contributed by atoms with Crippen LogP contribution in [0.4, 0.5) is 52.7 Å².